The average molecular weight is 276 g/mol. The number of anilines is 1. The van der Waals surface area contributed by atoms with Crippen molar-refractivity contribution >= 4 is 17.6 Å². The van der Waals surface area contributed by atoms with Crippen molar-refractivity contribution in [1.29, 1.82) is 0 Å². The van der Waals surface area contributed by atoms with Gasteiger partial charge in [0.15, 0.2) is 0 Å². The summed E-state index contributed by atoms with van der Waals surface area (Å²) in [6.45, 7) is 5.61. The molecule has 1 aliphatic rings. The molecule has 0 spiro atoms. The number of hydrogen-bond donors (Lipinski definition) is 2. The second-order valence-corrected chi connectivity index (χ2v) is 6.24. The Morgan fingerprint density at radius 2 is 1.95 bits per heavy atom. The summed E-state index contributed by atoms with van der Waals surface area (Å²) in [6.07, 6.45) is 0.327. The maximum atomic E-state index is 12.6. The topological polar surface area (TPSA) is 83.6 Å². The van der Waals surface area contributed by atoms with Gasteiger partial charge in [0.05, 0.1) is 6.04 Å². The Bertz CT molecular complexity index is 548. The lowest BCUT2D eigenvalue weighted by Gasteiger charge is -2.32. The van der Waals surface area contributed by atoms with Crippen LogP contribution in [-0.2, 0) is 16.0 Å². The van der Waals surface area contributed by atoms with Gasteiger partial charge in [0.1, 0.15) is 6.04 Å². The molecule has 0 aromatic heterocycles. The van der Waals surface area contributed by atoms with Gasteiger partial charge in [0.25, 0.3) is 0 Å². The summed E-state index contributed by atoms with van der Waals surface area (Å²) in [7, 11) is 0. The summed E-state index contributed by atoms with van der Waals surface area (Å²) in [4.78, 5) is 25.4. The maximum absolute atomic E-state index is 12.6. The number of benzene rings is 1. The second-order valence-electron chi connectivity index (χ2n) is 6.24. The molecule has 0 aliphatic carbocycles. The van der Waals surface area contributed by atoms with Crippen LogP contribution in [0, 0.1) is 5.41 Å². The van der Waals surface area contributed by atoms with Gasteiger partial charge in [-0.15, -0.1) is 0 Å². The summed E-state index contributed by atoms with van der Waals surface area (Å²) in [5, 5.41) is 9.35. The van der Waals surface area contributed by atoms with Gasteiger partial charge in [0, 0.05) is 12.1 Å². The van der Waals surface area contributed by atoms with Gasteiger partial charge in [-0.3, -0.25) is 9.69 Å². The van der Waals surface area contributed by atoms with Gasteiger partial charge in [-0.25, -0.2) is 4.79 Å². The number of nitrogens with two attached hydrogens (primary N) is 1. The van der Waals surface area contributed by atoms with Crippen LogP contribution in [0.4, 0.5) is 5.69 Å². The highest BCUT2D eigenvalue weighted by Gasteiger charge is 2.42. The molecule has 5 heteroatoms. The Balaban J connectivity index is 2.41. The van der Waals surface area contributed by atoms with E-state index in [0.717, 1.165) is 5.56 Å². The van der Waals surface area contributed by atoms with Crippen molar-refractivity contribution in [3.05, 3.63) is 29.8 Å². The van der Waals surface area contributed by atoms with Gasteiger partial charge in [-0.2, -0.15) is 0 Å². The second kappa shape index (κ2) is 4.90. The number of carbonyl (C=O) groups is 2. The fraction of sp³-hybridized carbons (Fsp3) is 0.467. The predicted molar refractivity (Wildman–Crippen MR) is 76.5 cm³/mol. The minimum atomic E-state index is -1.00. The van der Waals surface area contributed by atoms with Crippen LogP contribution in [0.1, 0.15) is 26.3 Å². The summed E-state index contributed by atoms with van der Waals surface area (Å²) in [5.41, 5.74) is 7.12. The van der Waals surface area contributed by atoms with E-state index in [-0.39, 0.29) is 5.91 Å². The van der Waals surface area contributed by atoms with E-state index in [0.29, 0.717) is 12.1 Å². The number of amides is 1. The Morgan fingerprint density at radius 1 is 1.35 bits per heavy atom. The third-order valence-electron chi connectivity index (χ3n) is 3.70. The van der Waals surface area contributed by atoms with E-state index in [9.17, 15) is 14.7 Å². The van der Waals surface area contributed by atoms with Crippen molar-refractivity contribution in [3.63, 3.8) is 0 Å². The smallest absolute Gasteiger partial charge is 0.327 e. The fourth-order valence-electron chi connectivity index (χ4n) is 2.38. The molecule has 1 aromatic rings. The predicted octanol–water partition coefficient (Wildman–Crippen LogP) is 1.40. The van der Waals surface area contributed by atoms with Crippen LogP contribution in [-0.4, -0.2) is 29.1 Å². The van der Waals surface area contributed by atoms with Crippen molar-refractivity contribution in [3.8, 4) is 0 Å². The number of carbonyl (C=O) groups excluding carboxylic acids is 1. The Morgan fingerprint density at radius 3 is 2.50 bits per heavy atom. The molecular formula is C15H20N2O3. The first-order valence-corrected chi connectivity index (χ1v) is 6.63. The molecule has 1 aromatic carbocycles. The number of para-hydroxylation sites is 1. The summed E-state index contributed by atoms with van der Waals surface area (Å²) < 4.78 is 0. The molecule has 108 valence electrons. The Hall–Kier alpha value is -1.88. The molecule has 0 saturated carbocycles. The van der Waals surface area contributed by atoms with Gasteiger partial charge >= 0.3 is 5.97 Å². The van der Waals surface area contributed by atoms with E-state index in [1.165, 1.54) is 4.90 Å². The SMILES string of the molecule is CC(C)(C)[C@@H](N)C(=O)N1c2ccccc2CC1C(=O)O. The van der Waals surface area contributed by atoms with Crippen LogP contribution < -0.4 is 10.6 Å². The highest BCUT2D eigenvalue weighted by molar-refractivity contribution is 6.04. The standard InChI is InChI=1S/C15H20N2O3/c1-15(2,3)12(16)13(18)17-10-7-5-4-6-9(10)8-11(17)14(19)20/h4-7,11-12H,8,16H2,1-3H3,(H,19,20)/t11?,12-/m0/s1. The van der Waals surface area contributed by atoms with Crippen LogP contribution in [0.5, 0.6) is 0 Å². The van der Waals surface area contributed by atoms with E-state index in [1.807, 2.05) is 32.9 Å². The number of hydrogen-bond acceptors (Lipinski definition) is 3. The first-order valence-electron chi connectivity index (χ1n) is 6.63. The van der Waals surface area contributed by atoms with Crippen molar-refractivity contribution in [2.24, 2.45) is 11.1 Å². The molecule has 1 unspecified atom stereocenters. The van der Waals surface area contributed by atoms with Crippen LogP contribution in [0.2, 0.25) is 0 Å². The Kier molecular flexibility index (Phi) is 3.56. The number of fused-ring (bicyclic) bond motifs is 1. The lowest BCUT2D eigenvalue weighted by Crippen LogP contribution is -2.54. The molecule has 1 amide bonds. The largest absolute Gasteiger partial charge is 0.480 e. The van der Waals surface area contributed by atoms with Crippen molar-refractivity contribution in [2.45, 2.75) is 39.3 Å². The Labute approximate surface area is 118 Å². The third-order valence-corrected chi connectivity index (χ3v) is 3.70. The van der Waals surface area contributed by atoms with E-state index in [4.69, 9.17) is 5.73 Å². The van der Waals surface area contributed by atoms with Gasteiger partial charge in [0.2, 0.25) is 5.91 Å². The fourth-order valence-corrected chi connectivity index (χ4v) is 2.38. The summed E-state index contributed by atoms with van der Waals surface area (Å²) >= 11 is 0. The molecular weight excluding hydrogens is 256 g/mol. The minimum Gasteiger partial charge on any atom is -0.480 e. The third kappa shape index (κ3) is 2.41. The van der Waals surface area contributed by atoms with Gasteiger partial charge in [-0.05, 0) is 17.0 Å². The minimum absolute atomic E-state index is 0.327. The zero-order valence-electron chi connectivity index (χ0n) is 12.0. The molecule has 1 aliphatic heterocycles. The zero-order valence-corrected chi connectivity index (χ0v) is 12.0. The number of aliphatic carboxylic acids is 1. The molecule has 3 N–H and O–H groups in total. The van der Waals surface area contributed by atoms with E-state index in [2.05, 4.69) is 0 Å². The van der Waals surface area contributed by atoms with Crippen molar-refractivity contribution in [2.75, 3.05) is 4.90 Å². The molecule has 0 saturated heterocycles. The molecule has 2 atom stereocenters. The monoisotopic (exact) mass is 276 g/mol. The zero-order chi connectivity index (χ0) is 15.1. The molecule has 0 bridgehead atoms. The van der Waals surface area contributed by atoms with Gasteiger partial charge < -0.3 is 10.8 Å². The average Bonchev–Trinajstić information content (AvgIpc) is 2.75. The first-order chi connectivity index (χ1) is 9.23. The molecule has 2 rings (SSSR count). The van der Waals surface area contributed by atoms with E-state index < -0.39 is 23.5 Å². The molecule has 0 fully saturated rings. The van der Waals surface area contributed by atoms with Gasteiger partial charge in [-0.1, -0.05) is 39.0 Å². The van der Waals surface area contributed by atoms with Crippen molar-refractivity contribution < 1.29 is 14.7 Å². The number of carboxylic acid groups (broad SMARTS) is 1. The first kappa shape index (κ1) is 14.5. The number of nitrogens with zero attached hydrogens (tertiary/aromatic N) is 1. The van der Waals surface area contributed by atoms with Crippen LogP contribution in [0.3, 0.4) is 0 Å². The molecule has 20 heavy (non-hydrogen) atoms. The number of rotatable bonds is 2. The number of carboxylic acids is 1. The van der Waals surface area contributed by atoms with Crippen LogP contribution in [0.15, 0.2) is 24.3 Å². The van der Waals surface area contributed by atoms with Crippen molar-refractivity contribution in [1.82, 2.24) is 0 Å². The van der Waals surface area contributed by atoms with Crippen LogP contribution >= 0.6 is 0 Å². The summed E-state index contributed by atoms with van der Waals surface area (Å²) in [6, 6.07) is 5.65. The molecule has 5 nitrogen and oxygen atoms in total. The van der Waals surface area contributed by atoms with E-state index >= 15 is 0 Å². The molecule has 1 heterocycles. The maximum Gasteiger partial charge on any atom is 0.327 e. The highest BCUT2D eigenvalue weighted by Crippen LogP contribution is 2.34. The normalized spacial score (nSPS) is 19.6. The highest BCUT2D eigenvalue weighted by atomic mass is 16.4. The quantitative estimate of drug-likeness (QED) is 0.855. The lowest BCUT2D eigenvalue weighted by molar-refractivity contribution is -0.140. The van der Waals surface area contributed by atoms with Crippen LogP contribution in [0.25, 0.3) is 0 Å². The summed E-state index contributed by atoms with van der Waals surface area (Å²) in [5.74, 6) is -1.34. The lowest BCUT2D eigenvalue weighted by atomic mass is 9.86. The molecule has 0 radical (unpaired) electrons. The van der Waals surface area contributed by atoms with E-state index in [1.54, 1.807) is 12.1 Å².